The topological polar surface area (TPSA) is 73.0 Å². The summed E-state index contributed by atoms with van der Waals surface area (Å²) >= 11 is 6.23. The Kier molecular flexibility index (Phi) is 7.24. The summed E-state index contributed by atoms with van der Waals surface area (Å²) in [7, 11) is 0. The molecule has 0 saturated heterocycles. The van der Waals surface area contributed by atoms with Crippen LogP contribution >= 0.6 is 11.6 Å². The van der Waals surface area contributed by atoms with Crippen molar-refractivity contribution in [1.29, 1.82) is 0 Å². The van der Waals surface area contributed by atoms with Crippen molar-refractivity contribution < 1.29 is 9.21 Å². The summed E-state index contributed by atoms with van der Waals surface area (Å²) in [5, 5.41) is 7.89. The minimum atomic E-state index is -0.0585. The Morgan fingerprint density at radius 1 is 0.944 bits per heavy atom. The number of hydrogen-bond acceptors (Lipinski definition) is 4. The van der Waals surface area contributed by atoms with Crippen LogP contribution in [-0.4, -0.2) is 20.7 Å². The van der Waals surface area contributed by atoms with Gasteiger partial charge in [0.1, 0.15) is 0 Å². The summed E-state index contributed by atoms with van der Waals surface area (Å²) in [6.07, 6.45) is 6.07. The molecule has 3 aromatic carbocycles. The first-order valence-electron chi connectivity index (χ1n) is 11.8. The average molecular weight is 497 g/mol. The molecular weight excluding hydrogens is 472 g/mol. The van der Waals surface area contributed by atoms with Gasteiger partial charge in [-0.3, -0.25) is 9.48 Å². The number of amides is 1. The van der Waals surface area contributed by atoms with Gasteiger partial charge in [0.2, 0.25) is 5.91 Å². The molecule has 2 heterocycles. The van der Waals surface area contributed by atoms with Gasteiger partial charge in [-0.15, -0.1) is 0 Å². The standard InChI is InChI=1S/C29H25ClN4O2/c30-26-9-4-3-8-25(26)27-19-32-29(36-27)15-14-28(35)31-18-23-6-1-2-7-24(23)22-12-10-21(11-13-22)20-34-17-5-16-33-34/h1-13,16-17,19H,14-15,18,20H2,(H,31,35). The lowest BCUT2D eigenvalue weighted by atomic mass is 9.98. The highest BCUT2D eigenvalue weighted by Crippen LogP contribution is 2.28. The number of aryl methyl sites for hydroxylation is 1. The van der Waals surface area contributed by atoms with E-state index in [2.05, 4.69) is 45.7 Å². The summed E-state index contributed by atoms with van der Waals surface area (Å²) in [5.41, 5.74) is 5.23. The number of nitrogens with zero attached hydrogens (tertiary/aromatic N) is 3. The fourth-order valence-electron chi connectivity index (χ4n) is 4.04. The number of carbonyl (C=O) groups is 1. The third kappa shape index (κ3) is 5.73. The van der Waals surface area contributed by atoms with Gasteiger partial charge in [-0.2, -0.15) is 5.10 Å². The van der Waals surface area contributed by atoms with E-state index in [1.165, 1.54) is 5.56 Å². The zero-order chi connectivity index (χ0) is 24.7. The van der Waals surface area contributed by atoms with Gasteiger partial charge >= 0.3 is 0 Å². The van der Waals surface area contributed by atoms with Crippen LogP contribution in [0.3, 0.4) is 0 Å². The number of aromatic nitrogens is 3. The second kappa shape index (κ2) is 11.1. The molecule has 1 N–H and O–H groups in total. The summed E-state index contributed by atoms with van der Waals surface area (Å²) in [4.78, 5) is 16.9. The van der Waals surface area contributed by atoms with Crippen molar-refractivity contribution in [3.05, 3.63) is 119 Å². The Balaban J connectivity index is 1.17. The maximum Gasteiger partial charge on any atom is 0.220 e. The molecule has 0 aliphatic heterocycles. The number of rotatable bonds is 9. The molecule has 6 nitrogen and oxygen atoms in total. The molecule has 0 spiro atoms. The Morgan fingerprint density at radius 2 is 1.72 bits per heavy atom. The van der Waals surface area contributed by atoms with Crippen LogP contribution < -0.4 is 5.32 Å². The molecular formula is C29H25ClN4O2. The van der Waals surface area contributed by atoms with Crippen molar-refractivity contribution in [2.24, 2.45) is 0 Å². The van der Waals surface area contributed by atoms with Crippen molar-refractivity contribution in [2.75, 3.05) is 0 Å². The average Bonchev–Trinajstić information content (AvgIpc) is 3.60. The van der Waals surface area contributed by atoms with E-state index < -0.39 is 0 Å². The monoisotopic (exact) mass is 496 g/mol. The quantitative estimate of drug-likeness (QED) is 0.265. The summed E-state index contributed by atoms with van der Waals surface area (Å²) in [6.45, 7) is 1.18. The molecule has 7 heteroatoms. The first-order chi connectivity index (χ1) is 17.7. The molecule has 0 unspecified atom stereocenters. The van der Waals surface area contributed by atoms with Crippen molar-refractivity contribution >= 4 is 17.5 Å². The smallest absolute Gasteiger partial charge is 0.220 e. The summed E-state index contributed by atoms with van der Waals surface area (Å²) in [6, 6.07) is 25.9. The molecule has 0 fully saturated rings. The minimum Gasteiger partial charge on any atom is -0.441 e. The molecule has 0 atom stereocenters. The van der Waals surface area contributed by atoms with E-state index in [-0.39, 0.29) is 12.3 Å². The van der Waals surface area contributed by atoms with Crippen LogP contribution in [-0.2, 0) is 24.3 Å². The van der Waals surface area contributed by atoms with Gasteiger partial charge in [-0.05, 0) is 40.5 Å². The van der Waals surface area contributed by atoms with E-state index in [0.29, 0.717) is 29.6 Å². The SMILES string of the molecule is O=C(CCc1ncc(-c2ccccc2Cl)o1)NCc1ccccc1-c1ccc(Cn2cccn2)cc1. The second-order valence-electron chi connectivity index (χ2n) is 8.43. The molecule has 0 aliphatic rings. The molecule has 5 rings (SSSR count). The number of benzene rings is 3. The van der Waals surface area contributed by atoms with Gasteiger partial charge < -0.3 is 9.73 Å². The van der Waals surface area contributed by atoms with Crippen molar-refractivity contribution in [3.63, 3.8) is 0 Å². The zero-order valence-corrected chi connectivity index (χ0v) is 20.4. The predicted molar refractivity (Wildman–Crippen MR) is 140 cm³/mol. The molecule has 1 amide bonds. The lowest BCUT2D eigenvalue weighted by Crippen LogP contribution is -2.23. The van der Waals surface area contributed by atoms with E-state index in [1.807, 2.05) is 53.3 Å². The van der Waals surface area contributed by atoms with E-state index in [9.17, 15) is 4.79 Å². The van der Waals surface area contributed by atoms with Crippen molar-refractivity contribution in [2.45, 2.75) is 25.9 Å². The first-order valence-corrected chi connectivity index (χ1v) is 12.1. The van der Waals surface area contributed by atoms with E-state index in [1.54, 1.807) is 18.5 Å². The Bertz CT molecular complexity index is 1440. The van der Waals surface area contributed by atoms with Gasteiger partial charge in [0.15, 0.2) is 11.7 Å². The molecule has 180 valence electrons. The van der Waals surface area contributed by atoms with Crippen molar-refractivity contribution in [1.82, 2.24) is 20.1 Å². The Labute approximate surface area is 214 Å². The molecule has 36 heavy (non-hydrogen) atoms. The van der Waals surface area contributed by atoms with Crippen LogP contribution in [0.1, 0.15) is 23.4 Å². The highest BCUT2D eigenvalue weighted by molar-refractivity contribution is 6.33. The largest absolute Gasteiger partial charge is 0.441 e. The van der Waals surface area contributed by atoms with E-state index in [0.717, 1.165) is 28.8 Å². The zero-order valence-electron chi connectivity index (χ0n) is 19.6. The Hall–Kier alpha value is -4.16. The lowest BCUT2D eigenvalue weighted by molar-refractivity contribution is -0.121. The van der Waals surface area contributed by atoms with Crippen LogP contribution in [0, 0.1) is 0 Å². The van der Waals surface area contributed by atoms with E-state index in [4.69, 9.17) is 16.0 Å². The van der Waals surface area contributed by atoms with Gasteiger partial charge in [-0.25, -0.2) is 4.98 Å². The molecule has 5 aromatic rings. The highest BCUT2D eigenvalue weighted by atomic mass is 35.5. The number of halogens is 1. The third-order valence-electron chi connectivity index (χ3n) is 5.92. The van der Waals surface area contributed by atoms with Crippen LogP contribution in [0.5, 0.6) is 0 Å². The van der Waals surface area contributed by atoms with Gasteiger partial charge in [-0.1, -0.05) is 72.3 Å². The third-order valence-corrected chi connectivity index (χ3v) is 6.25. The number of carbonyl (C=O) groups excluding carboxylic acids is 1. The fourth-order valence-corrected chi connectivity index (χ4v) is 4.27. The summed E-state index contributed by atoms with van der Waals surface area (Å²) < 4.78 is 7.70. The number of oxazole rings is 1. The minimum absolute atomic E-state index is 0.0585. The Morgan fingerprint density at radius 3 is 2.50 bits per heavy atom. The van der Waals surface area contributed by atoms with Crippen molar-refractivity contribution in [3.8, 4) is 22.5 Å². The second-order valence-corrected chi connectivity index (χ2v) is 8.84. The summed E-state index contributed by atoms with van der Waals surface area (Å²) in [5.74, 6) is 1.05. The first kappa shape index (κ1) is 23.6. The lowest BCUT2D eigenvalue weighted by Gasteiger charge is -2.12. The maximum atomic E-state index is 12.6. The van der Waals surface area contributed by atoms with Gasteiger partial charge in [0.25, 0.3) is 0 Å². The van der Waals surface area contributed by atoms with Gasteiger partial charge in [0, 0.05) is 37.3 Å². The van der Waals surface area contributed by atoms with Gasteiger partial charge in [0.05, 0.1) is 17.8 Å². The number of nitrogens with one attached hydrogen (secondary N) is 1. The maximum absolute atomic E-state index is 12.6. The fraction of sp³-hybridized carbons (Fsp3) is 0.138. The highest BCUT2D eigenvalue weighted by Gasteiger charge is 2.12. The van der Waals surface area contributed by atoms with Crippen LogP contribution in [0.25, 0.3) is 22.5 Å². The van der Waals surface area contributed by atoms with E-state index >= 15 is 0 Å². The molecule has 0 bridgehead atoms. The van der Waals surface area contributed by atoms with Crippen LogP contribution in [0.15, 0.2) is 102 Å². The molecule has 2 aromatic heterocycles. The molecule has 0 saturated carbocycles. The predicted octanol–water partition coefficient (Wildman–Crippen LogP) is 6.16. The van der Waals surface area contributed by atoms with Crippen LogP contribution in [0.2, 0.25) is 5.02 Å². The number of hydrogen-bond donors (Lipinski definition) is 1. The normalized spacial score (nSPS) is 10.9. The molecule has 0 radical (unpaired) electrons. The molecule has 0 aliphatic carbocycles. The van der Waals surface area contributed by atoms with Crippen LogP contribution in [0.4, 0.5) is 0 Å².